The lowest BCUT2D eigenvalue weighted by Crippen LogP contribution is -2.48. The van der Waals surface area contributed by atoms with E-state index in [4.69, 9.17) is 4.98 Å². The van der Waals surface area contributed by atoms with E-state index < -0.39 is 45.0 Å². The number of anilines is 2. The highest BCUT2D eigenvalue weighted by Crippen LogP contribution is 2.45. The van der Waals surface area contributed by atoms with Crippen molar-refractivity contribution in [3.8, 4) is 10.6 Å². The van der Waals surface area contributed by atoms with Crippen LogP contribution in [-0.4, -0.2) is 69.5 Å². The van der Waals surface area contributed by atoms with Crippen LogP contribution in [0.4, 0.5) is 24.9 Å². The van der Waals surface area contributed by atoms with E-state index in [9.17, 15) is 31.8 Å². The third-order valence-corrected chi connectivity index (χ3v) is 10.2. The average Bonchev–Trinajstić information content (AvgIpc) is 3.63. The maximum absolute atomic E-state index is 14.5. The number of aliphatic hydroxyl groups excluding tert-OH is 1. The number of nitrogens with zero attached hydrogens (tertiary/aromatic N) is 5. The number of rotatable bonds is 9. The number of hydrogen-bond donors (Lipinski definition) is 3. The summed E-state index contributed by atoms with van der Waals surface area (Å²) < 4.78 is 67.3. The topological polar surface area (TPSA) is 141 Å². The first-order chi connectivity index (χ1) is 20.7. The molecule has 0 bridgehead atoms. The smallest absolute Gasteiger partial charge is 0.227 e. The minimum atomic E-state index is -3.43. The molecule has 4 aromatic rings. The van der Waals surface area contributed by atoms with Gasteiger partial charge in [0.25, 0.3) is 0 Å². The van der Waals surface area contributed by atoms with E-state index in [2.05, 4.69) is 20.3 Å². The molecule has 2 aliphatic carbocycles. The van der Waals surface area contributed by atoms with Gasteiger partial charge in [0, 0.05) is 49.0 Å². The predicted octanol–water partition coefficient (Wildman–Crippen LogP) is 4.30. The van der Waals surface area contributed by atoms with Crippen LogP contribution in [0.25, 0.3) is 20.8 Å². The van der Waals surface area contributed by atoms with Gasteiger partial charge in [0.2, 0.25) is 5.95 Å². The van der Waals surface area contributed by atoms with Crippen LogP contribution >= 0.6 is 11.3 Å². The molecule has 0 spiro atoms. The van der Waals surface area contributed by atoms with Crippen molar-refractivity contribution in [2.75, 3.05) is 29.3 Å². The van der Waals surface area contributed by atoms with Gasteiger partial charge < -0.3 is 20.4 Å². The number of halogens is 3. The van der Waals surface area contributed by atoms with Crippen molar-refractivity contribution in [1.29, 1.82) is 0 Å². The Morgan fingerprint density at radius 1 is 1.14 bits per heavy atom. The summed E-state index contributed by atoms with van der Waals surface area (Å²) in [5.41, 5.74) is 0.216. The summed E-state index contributed by atoms with van der Waals surface area (Å²) in [6.07, 6.45) is 3.71. The lowest BCUT2D eigenvalue weighted by atomic mass is 10.0. The zero-order valence-corrected chi connectivity index (χ0v) is 25.8. The number of sulfone groups is 1. The quantitative estimate of drug-likeness (QED) is 0.225. The van der Waals surface area contributed by atoms with E-state index in [1.165, 1.54) is 23.3 Å². The minimum absolute atomic E-state index is 0.0297. The van der Waals surface area contributed by atoms with Crippen LogP contribution < -0.4 is 10.2 Å². The summed E-state index contributed by atoms with van der Waals surface area (Å²) in [6.45, 7) is 1.36. The van der Waals surface area contributed by atoms with E-state index in [1.54, 1.807) is 13.1 Å². The first kappa shape index (κ1) is 30.6. The van der Waals surface area contributed by atoms with Crippen LogP contribution in [0.2, 0.25) is 0 Å². The molecule has 1 aromatic carbocycles. The second-order valence-corrected chi connectivity index (χ2v) is 15.0. The molecule has 6 rings (SSSR count). The Kier molecular flexibility index (Phi) is 7.79. The molecule has 0 aliphatic heterocycles. The maximum Gasteiger partial charge on any atom is 0.227 e. The van der Waals surface area contributed by atoms with Gasteiger partial charge in [-0.15, -0.1) is 11.3 Å². The predicted molar refractivity (Wildman–Crippen MR) is 161 cm³/mol. The number of fused-ring (bicyclic) bond motifs is 1. The van der Waals surface area contributed by atoms with E-state index in [0.717, 1.165) is 35.0 Å². The summed E-state index contributed by atoms with van der Waals surface area (Å²) in [7, 11) is -1.92. The maximum atomic E-state index is 14.5. The Hall–Kier alpha value is -3.40. The number of benzene rings is 1. The molecule has 3 aromatic heterocycles. The number of pyridine rings is 1. The Morgan fingerprint density at radius 2 is 1.84 bits per heavy atom. The number of aryl methyl sites for hydroxylation is 1. The van der Waals surface area contributed by atoms with Gasteiger partial charge in [-0.25, -0.2) is 31.6 Å². The Morgan fingerprint density at radius 3 is 2.50 bits per heavy atom. The zero-order valence-electron chi connectivity index (χ0n) is 24.2. The zero-order chi connectivity index (χ0) is 31.6. The normalized spacial score (nSPS) is 22.1. The van der Waals surface area contributed by atoms with Gasteiger partial charge in [0.15, 0.2) is 5.72 Å². The molecule has 3 N–H and O–H groups in total. The average molecular weight is 649 g/mol. The number of aromatic nitrogens is 4. The Bertz CT molecular complexity index is 1850. The van der Waals surface area contributed by atoms with Gasteiger partial charge in [0.1, 0.15) is 49.7 Å². The summed E-state index contributed by atoms with van der Waals surface area (Å²) >= 11 is 1.38. The molecule has 15 heteroatoms. The van der Waals surface area contributed by atoms with Crippen molar-refractivity contribution >= 4 is 43.2 Å². The highest BCUT2D eigenvalue weighted by molar-refractivity contribution is 7.90. The molecule has 2 aliphatic rings. The molecule has 3 heterocycles. The molecule has 10 nitrogen and oxygen atoms in total. The van der Waals surface area contributed by atoms with Gasteiger partial charge in [-0.05, 0) is 38.7 Å². The van der Waals surface area contributed by atoms with Gasteiger partial charge in [-0.1, -0.05) is 0 Å². The van der Waals surface area contributed by atoms with Crippen molar-refractivity contribution in [3.63, 3.8) is 0 Å². The molecule has 0 amide bonds. The second-order valence-electron chi connectivity index (χ2n) is 11.8. The van der Waals surface area contributed by atoms with Crippen LogP contribution in [0.15, 0.2) is 24.4 Å². The molecule has 0 radical (unpaired) electrons. The van der Waals surface area contributed by atoms with E-state index in [1.807, 2.05) is 6.07 Å². The van der Waals surface area contributed by atoms with Gasteiger partial charge in [0.05, 0.1) is 33.9 Å². The fourth-order valence-corrected chi connectivity index (χ4v) is 7.94. The largest absolute Gasteiger partial charge is 0.388 e. The van der Waals surface area contributed by atoms with Gasteiger partial charge in [-0.2, -0.15) is 4.98 Å². The Labute approximate surface area is 255 Å². The van der Waals surface area contributed by atoms with Crippen molar-refractivity contribution in [2.45, 2.75) is 56.9 Å². The number of hydrogen-bond acceptors (Lipinski definition) is 11. The van der Waals surface area contributed by atoms with Crippen molar-refractivity contribution in [3.05, 3.63) is 58.8 Å². The summed E-state index contributed by atoms with van der Waals surface area (Å²) in [6, 6.07) is 3.05. The SMILES string of the molecule is Cc1nc(N(C)Cc2c(F)cc(F)cc2F)nc(NC2(O)CCC(CS(C)(=O)=O)C2O)c1-c1nc2c(C3CC3)nccc2s1. The van der Waals surface area contributed by atoms with Crippen molar-refractivity contribution in [2.24, 2.45) is 5.92 Å². The highest BCUT2D eigenvalue weighted by Gasteiger charge is 2.48. The first-order valence-corrected chi connectivity index (χ1v) is 17.0. The summed E-state index contributed by atoms with van der Waals surface area (Å²) in [4.78, 5) is 20.0. The highest BCUT2D eigenvalue weighted by atomic mass is 32.2. The summed E-state index contributed by atoms with van der Waals surface area (Å²) in [5, 5.41) is 26.1. The number of nitrogens with one attached hydrogen (secondary N) is 1. The molecule has 44 heavy (non-hydrogen) atoms. The fraction of sp³-hybridized carbons (Fsp3) is 0.448. The number of thiazole rings is 1. The molecule has 3 unspecified atom stereocenters. The molecular weight excluding hydrogens is 617 g/mol. The standard InChI is InChI=1S/C29H31F3N6O4S2/c1-14-22(27-35-24-21(43-27)7-9-33-23(24)15-4-5-15)26(37-29(40)8-6-16(25(29)39)13-44(3,41)42)36-28(34-14)38(2)12-18-19(31)10-17(30)11-20(18)32/h7,9-11,15-16,25,39-40H,4-6,8,12-13H2,1-3H3,(H,34,36,37). The van der Waals surface area contributed by atoms with Gasteiger partial charge in [-0.3, -0.25) is 4.98 Å². The van der Waals surface area contributed by atoms with E-state index in [-0.39, 0.29) is 42.5 Å². The molecule has 0 saturated heterocycles. The van der Waals surface area contributed by atoms with Crippen molar-refractivity contribution < 1.29 is 31.8 Å². The third-order valence-electron chi connectivity index (χ3n) is 8.12. The first-order valence-electron chi connectivity index (χ1n) is 14.1. The second kappa shape index (κ2) is 11.2. The van der Waals surface area contributed by atoms with Crippen LogP contribution in [0.5, 0.6) is 0 Å². The lowest BCUT2D eigenvalue weighted by molar-refractivity contribution is -0.0442. The van der Waals surface area contributed by atoms with Crippen LogP contribution in [-0.2, 0) is 16.4 Å². The molecule has 3 atom stereocenters. The van der Waals surface area contributed by atoms with Crippen molar-refractivity contribution in [1.82, 2.24) is 19.9 Å². The lowest BCUT2D eigenvalue weighted by Gasteiger charge is -2.31. The molecular formula is C29H31F3N6O4S2. The van der Waals surface area contributed by atoms with E-state index in [0.29, 0.717) is 34.3 Å². The molecule has 2 fully saturated rings. The Balaban J connectivity index is 1.42. The van der Waals surface area contributed by atoms with Gasteiger partial charge >= 0.3 is 0 Å². The third kappa shape index (κ3) is 5.97. The minimum Gasteiger partial charge on any atom is -0.388 e. The monoisotopic (exact) mass is 648 g/mol. The fourth-order valence-electron chi connectivity index (χ4n) is 5.75. The number of aliphatic hydroxyl groups is 2. The molecule has 234 valence electrons. The van der Waals surface area contributed by atoms with Crippen LogP contribution in [0, 0.1) is 30.3 Å². The summed E-state index contributed by atoms with van der Waals surface area (Å²) in [5.74, 6) is -3.70. The molecule has 2 saturated carbocycles. The van der Waals surface area contributed by atoms with Crippen LogP contribution in [0.3, 0.4) is 0 Å². The van der Waals surface area contributed by atoms with Crippen LogP contribution in [0.1, 0.15) is 48.6 Å². The van der Waals surface area contributed by atoms with E-state index >= 15 is 0 Å².